The van der Waals surface area contributed by atoms with Crippen molar-refractivity contribution < 1.29 is 9.87 Å². The van der Waals surface area contributed by atoms with E-state index in [0.29, 0.717) is 0 Å². The Hall–Kier alpha value is -0.370. The third-order valence-corrected chi connectivity index (χ3v) is 2.60. The lowest BCUT2D eigenvalue weighted by atomic mass is 9.94. The molecular formula is C12H27FO. The highest BCUT2D eigenvalue weighted by atomic mass is 19.1. The van der Waals surface area contributed by atoms with Crippen molar-refractivity contribution in [3.8, 4) is 0 Å². The Morgan fingerprint density at radius 2 is 1.50 bits per heavy atom. The van der Waals surface area contributed by atoms with Gasteiger partial charge in [-0.25, -0.2) is 4.39 Å². The van der Waals surface area contributed by atoms with E-state index in [4.69, 9.17) is 0 Å². The van der Waals surface area contributed by atoms with Gasteiger partial charge in [-0.3, -0.25) is 0 Å². The summed E-state index contributed by atoms with van der Waals surface area (Å²) in [6, 6.07) is 0. The van der Waals surface area contributed by atoms with Crippen LogP contribution >= 0.6 is 0 Å². The number of hydrogen-bond donors (Lipinski definition) is 0. The fourth-order valence-electron chi connectivity index (χ4n) is 0.981. The molecule has 0 bridgehead atoms. The van der Waals surface area contributed by atoms with Crippen LogP contribution in [-0.4, -0.2) is 11.6 Å². The van der Waals surface area contributed by atoms with Gasteiger partial charge in [-0.1, -0.05) is 33.6 Å². The van der Waals surface area contributed by atoms with Crippen LogP contribution in [0.15, 0.2) is 13.2 Å². The molecule has 88 valence electrons. The number of alkyl halides is 1. The zero-order valence-corrected chi connectivity index (χ0v) is 10.1. The molecule has 14 heavy (non-hydrogen) atoms. The molecule has 0 aliphatic rings. The summed E-state index contributed by atoms with van der Waals surface area (Å²) in [4.78, 5) is 0. The van der Waals surface area contributed by atoms with Crippen molar-refractivity contribution in [2.45, 2.75) is 53.1 Å². The maximum absolute atomic E-state index is 12.6. The molecule has 0 radical (unpaired) electrons. The standard InChI is InChI=1S/C10H21F.C2H4.H2O/c1-5-8(2)6-7-9(3)10(4)11;1-2;/h8-10H,5-7H2,1-4H3;1-2H2;1H2. The minimum atomic E-state index is -0.640. The number of rotatable bonds is 5. The minimum absolute atomic E-state index is 0. The lowest BCUT2D eigenvalue weighted by Gasteiger charge is -2.14. The molecule has 0 aromatic carbocycles. The van der Waals surface area contributed by atoms with E-state index in [1.807, 2.05) is 6.92 Å². The largest absolute Gasteiger partial charge is 0.412 e. The van der Waals surface area contributed by atoms with Gasteiger partial charge in [0.15, 0.2) is 0 Å². The van der Waals surface area contributed by atoms with Crippen molar-refractivity contribution in [1.29, 1.82) is 0 Å². The van der Waals surface area contributed by atoms with E-state index >= 15 is 0 Å². The summed E-state index contributed by atoms with van der Waals surface area (Å²) < 4.78 is 12.6. The summed E-state index contributed by atoms with van der Waals surface area (Å²) in [6.45, 7) is 14.1. The van der Waals surface area contributed by atoms with Crippen molar-refractivity contribution in [1.82, 2.24) is 0 Å². The van der Waals surface area contributed by atoms with E-state index in [-0.39, 0.29) is 11.4 Å². The van der Waals surface area contributed by atoms with Crippen molar-refractivity contribution in [3.63, 3.8) is 0 Å². The molecule has 0 aromatic heterocycles. The fourth-order valence-corrected chi connectivity index (χ4v) is 0.981. The molecule has 0 rings (SSSR count). The van der Waals surface area contributed by atoms with Gasteiger partial charge in [0.2, 0.25) is 0 Å². The van der Waals surface area contributed by atoms with Crippen LogP contribution in [0.3, 0.4) is 0 Å². The van der Waals surface area contributed by atoms with Crippen LogP contribution in [-0.2, 0) is 0 Å². The predicted octanol–water partition coefficient (Wildman–Crippen LogP) is 3.78. The maximum Gasteiger partial charge on any atom is 0.0998 e. The average molecular weight is 206 g/mol. The topological polar surface area (TPSA) is 31.5 Å². The Labute approximate surface area is 88.7 Å². The third-order valence-electron chi connectivity index (χ3n) is 2.60. The summed E-state index contributed by atoms with van der Waals surface area (Å²) >= 11 is 0. The molecule has 1 nitrogen and oxygen atoms in total. The molecule has 0 saturated heterocycles. The lowest BCUT2D eigenvalue weighted by molar-refractivity contribution is 0.240. The van der Waals surface area contributed by atoms with Crippen molar-refractivity contribution in [3.05, 3.63) is 13.2 Å². The van der Waals surface area contributed by atoms with Crippen molar-refractivity contribution in [2.75, 3.05) is 0 Å². The Morgan fingerprint density at radius 1 is 1.07 bits per heavy atom. The molecule has 3 atom stereocenters. The van der Waals surface area contributed by atoms with Gasteiger partial charge in [0, 0.05) is 0 Å². The normalized spacial score (nSPS) is 15.5. The molecule has 0 aromatic rings. The van der Waals surface area contributed by atoms with E-state index in [0.717, 1.165) is 12.3 Å². The van der Waals surface area contributed by atoms with Gasteiger partial charge in [-0.2, -0.15) is 0 Å². The molecule has 2 N–H and O–H groups in total. The molecular weight excluding hydrogens is 179 g/mol. The molecule has 2 heteroatoms. The summed E-state index contributed by atoms with van der Waals surface area (Å²) in [5, 5.41) is 0. The molecule has 0 aliphatic carbocycles. The van der Waals surface area contributed by atoms with E-state index < -0.39 is 6.17 Å². The molecule has 0 heterocycles. The van der Waals surface area contributed by atoms with Gasteiger partial charge >= 0.3 is 0 Å². The first-order valence-electron chi connectivity index (χ1n) is 5.22. The monoisotopic (exact) mass is 206 g/mol. The van der Waals surface area contributed by atoms with Crippen LogP contribution in [0.1, 0.15) is 47.0 Å². The SMILES string of the molecule is C=C.CCC(C)CCC(C)C(C)F.O. The Balaban J connectivity index is -0.000000376. The van der Waals surface area contributed by atoms with Crippen LogP contribution < -0.4 is 0 Å². The molecule has 0 saturated carbocycles. The van der Waals surface area contributed by atoms with Crippen molar-refractivity contribution >= 4 is 0 Å². The summed E-state index contributed by atoms with van der Waals surface area (Å²) in [5.41, 5.74) is 0. The van der Waals surface area contributed by atoms with Gasteiger partial charge in [-0.05, 0) is 25.2 Å². The second-order valence-electron chi connectivity index (χ2n) is 3.75. The first kappa shape index (κ1) is 19.2. The number of hydrogen-bond acceptors (Lipinski definition) is 0. The molecule has 0 fully saturated rings. The summed E-state index contributed by atoms with van der Waals surface area (Å²) in [5.74, 6) is 1.00. The second-order valence-corrected chi connectivity index (χ2v) is 3.75. The highest BCUT2D eigenvalue weighted by molar-refractivity contribution is 4.61. The molecule has 0 aliphatic heterocycles. The highest BCUT2D eigenvalue weighted by Crippen LogP contribution is 2.18. The van der Waals surface area contributed by atoms with E-state index in [1.54, 1.807) is 6.92 Å². The average Bonchev–Trinajstić information content (AvgIpc) is 2.16. The van der Waals surface area contributed by atoms with Crippen LogP contribution in [0.5, 0.6) is 0 Å². The zero-order chi connectivity index (χ0) is 10.9. The Bertz CT molecular complexity index is 104. The van der Waals surface area contributed by atoms with Gasteiger partial charge in [0.1, 0.15) is 0 Å². The van der Waals surface area contributed by atoms with Crippen LogP contribution in [0, 0.1) is 11.8 Å². The van der Waals surface area contributed by atoms with E-state index in [2.05, 4.69) is 27.0 Å². The van der Waals surface area contributed by atoms with Gasteiger partial charge in [-0.15, -0.1) is 13.2 Å². The molecule has 3 unspecified atom stereocenters. The van der Waals surface area contributed by atoms with Crippen LogP contribution in [0.4, 0.5) is 4.39 Å². The Morgan fingerprint density at radius 3 is 1.79 bits per heavy atom. The van der Waals surface area contributed by atoms with Gasteiger partial charge < -0.3 is 5.48 Å². The predicted molar refractivity (Wildman–Crippen MR) is 63.3 cm³/mol. The first-order valence-corrected chi connectivity index (χ1v) is 5.22. The second kappa shape index (κ2) is 12.6. The fraction of sp³-hybridized carbons (Fsp3) is 0.833. The zero-order valence-electron chi connectivity index (χ0n) is 10.1. The van der Waals surface area contributed by atoms with Crippen LogP contribution in [0.2, 0.25) is 0 Å². The smallest absolute Gasteiger partial charge is 0.0998 e. The molecule has 0 amide bonds. The Kier molecular flexibility index (Phi) is 17.4. The van der Waals surface area contributed by atoms with Gasteiger partial charge in [0.05, 0.1) is 6.17 Å². The highest BCUT2D eigenvalue weighted by Gasteiger charge is 2.11. The van der Waals surface area contributed by atoms with Gasteiger partial charge in [0.25, 0.3) is 0 Å². The number of halogens is 1. The minimum Gasteiger partial charge on any atom is -0.412 e. The van der Waals surface area contributed by atoms with Crippen molar-refractivity contribution in [2.24, 2.45) is 11.8 Å². The summed E-state index contributed by atoms with van der Waals surface area (Å²) in [7, 11) is 0. The molecule has 0 spiro atoms. The van der Waals surface area contributed by atoms with E-state index in [1.165, 1.54) is 12.8 Å². The lowest BCUT2D eigenvalue weighted by Crippen LogP contribution is -2.09. The van der Waals surface area contributed by atoms with E-state index in [9.17, 15) is 4.39 Å². The van der Waals surface area contributed by atoms with Crippen LogP contribution in [0.25, 0.3) is 0 Å². The maximum atomic E-state index is 12.6. The summed E-state index contributed by atoms with van der Waals surface area (Å²) in [6.07, 6.45) is 2.78. The first-order chi connectivity index (χ1) is 6.07. The quantitative estimate of drug-likeness (QED) is 0.613. The third kappa shape index (κ3) is 11.6.